The van der Waals surface area contributed by atoms with Gasteiger partial charge in [0.1, 0.15) is 0 Å². The molecule has 0 bridgehead atoms. The summed E-state index contributed by atoms with van der Waals surface area (Å²) in [6.07, 6.45) is 3.04. The van der Waals surface area contributed by atoms with Gasteiger partial charge < -0.3 is 9.64 Å². The third-order valence-electron chi connectivity index (χ3n) is 4.26. The fourth-order valence-corrected chi connectivity index (χ4v) is 3.37. The highest BCUT2D eigenvalue weighted by molar-refractivity contribution is 9.09. The number of alkyl halides is 1. The molecule has 0 amide bonds. The predicted molar refractivity (Wildman–Crippen MR) is 97.0 cm³/mol. The number of carbonyl (C=O) groups excluding carboxylic acids is 1. The second-order valence-corrected chi connectivity index (χ2v) is 6.45. The van der Waals surface area contributed by atoms with Crippen LogP contribution in [-0.4, -0.2) is 25.0 Å². The smallest absolute Gasteiger partial charge is 0.337 e. The highest BCUT2D eigenvalue weighted by Crippen LogP contribution is 2.36. The highest BCUT2D eigenvalue weighted by atomic mass is 79.9. The Kier molecular flexibility index (Phi) is 5.01. The molecule has 0 aromatic heterocycles. The summed E-state index contributed by atoms with van der Waals surface area (Å²) in [5.74, 6) is -0.286. The maximum absolute atomic E-state index is 11.9. The number of halogens is 1. The molecule has 0 saturated carbocycles. The molecule has 0 aliphatic carbocycles. The van der Waals surface area contributed by atoms with Crippen LogP contribution in [0.25, 0.3) is 0 Å². The lowest BCUT2D eigenvalue weighted by Gasteiger charge is -2.27. The van der Waals surface area contributed by atoms with E-state index in [0.717, 1.165) is 36.8 Å². The van der Waals surface area contributed by atoms with Gasteiger partial charge in [0.25, 0.3) is 0 Å². The third-order valence-corrected chi connectivity index (χ3v) is 4.82. The van der Waals surface area contributed by atoms with Crippen molar-refractivity contribution >= 4 is 33.3 Å². The molecule has 1 aliphatic rings. The molecule has 0 spiro atoms. The zero-order valence-electron chi connectivity index (χ0n) is 13.2. The minimum Gasteiger partial charge on any atom is -0.465 e. The van der Waals surface area contributed by atoms with Crippen molar-refractivity contribution in [2.45, 2.75) is 19.3 Å². The van der Waals surface area contributed by atoms with E-state index in [9.17, 15) is 4.79 Å². The maximum atomic E-state index is 11.9. The number of ether oxygens (including phenoxy) is 1. The van der Waals surface area contributed by atoms with Crippen LogP contribution in [0.15, 0.2) is 42.5 Å². The van der Waals surface area contributed by atoms with Crippen molar-refractivity contribution in [3.63, 3.8) is 0 Å². The van der Waals surface area contributed by atoms with Gasteiger partial charge in [-0.25, -0.2) is 4.79 Å². The van der Waals surface area contributed by atoms with Gasteiger partial charge in [0.05, 0.1) is 12.7 Å². The molecule has 3 rings (SSSR count). The van der Waals surface area contributed by atoms with Crippen molar-refractivity contribution in [1.29, 1.82) is 0 Å². The summed E-state index contributed by atoms with van der Waals surface area (Å²) in [7, 11) is 1.42. The zero-order valence-corrected chi connectivity index (χ0v) is 14.8. The third kappa shape index (κ3) is 3.27. The normalized spacial score (nSPS) is 13.0. The van der Waals surface area contributed by atoms with Crippen LogP contribution < -0.4 is 4.90 Å². The number of anilines is 2. The number of fused-ring (bicyclic) bond motifs is 2. The molecular formula is C19H20BrNO2. The van der Waals surface area contributed by atoms with Crippen molar-refractivity contribution in [3.05, 3.63) is 59.2 Å². The minimum atomic E-state index is -0.286. The Morgan fingerprint density at radius 1 is 1.13 bits per heavy atom. The Bertz CT molecular complexity index is 714. The predicted octanol–water partition coefficient (Wildman–Crippen LogP) is 4.49. The van der Waals surface area contributed by atoms with Gasteiger partial charge in [-0.3, -0.25) is 0 Å². The molecule has 120 valence electrons. The molecule has 2 aromatic carbocycles. The number of hydrogen-bond donors (Lipinski definition) is 0. The SMILES string of the molecule is COC(=O)c1ccc2c(c1)N(CCCBr)c1ccccc1CC2. The molecular weight excluding hydrogens is 354 g/mol. The van der Waals surface area contributed by atoms with Gasteiger partial charge in [0.15, 0.2) is 0 Å². The van der Waals surface area contributed by atoms with Crippen LogP contribution in [-0.2, 0) is 17.6 Å². The fraction of sp³-hybridized carbons (Fsp3) is 0.316. The molecule has 0 saturated heterocycles. The summed E-state index contributed by atoms with van der Waals surface area (Å²) in [6, 6.07) is 14.4. The summed E-state index contributed by atoms with van der Waals surface area (Å²) in [5.41, 5.74) is 5.61. The van der Waals surface area contributed by atoms with Crippen LogP contribution in [0.4, 0.5) is 11.4 Å². The molecule has 4 heteroatoms. The van der Waals surface area contributed by atoms with Crippen molar-refractivity contribution in [2.75, 3.05) is 23.9 Å². The van der Waals surface area contributed by atoms with E-state index in [2.05, 4.69) is 51.2 Å². The van der Waals surface area contributed by atoms with E-state index < -0.39 is 0 Å². The van der Waals surface area contributed by atoms with Crippen molar-refractivity contribution in [2.24, 2.45) is 0 Å². The standard InChI is InChI=1S/C19H20BrNO2/c1-23-19(22)16-10-9-15-8-7-14-5-2-3-6-17(14)21(12-4-11-20)18(15)13-16/h2-3,5-6,9-10,13H,4,7-8,11-12H2,1H3. The molecule has 0 radical (unpaired) electrons. The number of aryl methyl sites for hydroxylation is 2. The number of benzene rings is 2. The van der Waals surface area contributed by atoms with Crippen LogP contribution >= 0.6 is 15.9 Å². The van der Waals surface area contributed by atoms with Gasteiger partial charge >= 0.3 is 5.97 Å². The van der Waals surface area contributed by atoms with Gasteiger partial charge in [-0.15, -0.1) is 0 Å². The van der Waals surface area contributed by atoms with Crippen LogP contribution in [0.2, 0.25) is 0 Å². The lowest BCUT2D eigenvalue weighted by Crippen LogP contribution is -2.20. The van der Waals surface area contributed by atoms with E-state index in [-0.39, 0.29) is 5.97 Å². The van der Waals surface area contributed by atoms with Crippen molar-refractivity contribution < 1.29 is 9.53 Å². The molecule has 1 heterocycles. The fourth-order valence-electron chi connectivity index (χ4n) is 3.11. The topological polar surface area (TPSA) is 29.5 Å². The van der Waals surface area contributed by atoms with Crippen molar-refractivity contribution in [3.8, 4) is 0 Å². The Morgan fingerprint density at radius 2 is 1.87 bits per heavy atom. The molecule has 0 unspecified atom stereocenters. The van der Waals surface area contributed by atoms with Crippen LogP contribution in [0, 0.1) is 0 Å². The average Bonchev–Trinajstić information content (AvgIpc) is 2.75. The molecule has 23 heavy (non-hydrogen) atoms. The minimum absolute atomic E-state index is 0.286. The van der Waals surface area contributed by atoms with E-state index in [4.69, 9.17) is 4.74 Å². The lowest BCUT2D eigenvalue weighted by atomic mass is 10.0. The van der Waals surface area contributed by atoms with E-state index in [0.29, 0.717) is 5.56 Å². The van der Waals surface area contributed by atoms with E-state index >= 15 is 0 Å². The number of nitrogens with zero attached hydrogens (tertiary/aromatic N) is 1. The first-order chi connectivity index (χ1) is 11.2. The monoisotopic (exact) mass is 373 g/mol. The second-order valence-electron chi connectivity index (χ2n) is 5.66. The molecule has 2 aromatic rings. The largest absolute Gasteiger partial charge is 0.465 e. The summed E-state index contributed by atoms with van der Waals surface area (Å²) >= 11 is 3.52. The van der Waals surface area contributed by atoms with E-state index in [1.165, 1.54) is 23.9 Å². The zero-order chi connectivity index (χ0) is 16.2. The number of methoxy groups -OCH3 is 1. The summed E-state index contributed by atoms with van der Waals surface area (Å²) in [5, 5.41) is 0.956. The Hall–Kier alpha value is -1.81. The number of hydrogen-bond acceptors (Lipinski definition) is 3. The first-order valence-electron chi connectivity index (χ1n) is 7.87. The number of esters is 1. The number of carbonyl (C=O) groups is 1. The molecule has 0 atom stereocenters. The average molecular weight is 374 g/mol. The lowest BCUT2D eigenvalue weighted by molar-refractivity contribution is 0.0601. The number of para-hydroxylation sites is 1. The van der Waals surface area contributed by atoms with E-state index in [1.54, 1.807) is 0 Å². The van der Waals surface area contributed by atoms with Gasteiger partial charge in [-0.2, -0.15) is 0 Å². The second kappa shape index (κ2) is 7.18. The van der Waals surface area contributed by atoms with Gasteiger partial charge in [-0.05, 0) is 48.6 Å². The first-order valence-corrected chi connectivity index (χ1v) is 8.99. The Balaban J connectivity index is 2.10. The quantitative estimate of drug-likeness (QED) is 0.583. The molecule has 3 nitrogen and oxygen atoms in total. The molecule has 1 aliphatic heterocycles. The van der Waals surface area contributed by atoms with Crippen molar-refractivity contribution in [1.82, 2.24) is 0 Å². The Morgan fingerprint density at radius 3 is 2.61 bits per heavy atom. The first kappa shape index (κ1) is 16.1. The van der Waals surface area contributed by atoms with Crippen LogP contribution in [0.1, 0.15) is 27.9 Å². The molecule has 0 fully saturated rings. The van der Waals surface area contributed by atoms with Gasteiger partial charge in [0.2, 0.25) is 0 Å². The molecule has 0 N–H and O–H groups in total. The van der Waals surface area contributed by atoms with Crippen LogP contribution in [0.3, 0.4) is 0 Å². The highest BCUT2D eigenvalue weighted by Gasteiger charge is 2.21. The van der Waals surface area contributed by atoms with Crippen LogP contribution in [0.5, 0.6) is 0 Å². The van der Waals surface area contributed by atoms with E-state index in [1.807, 2.05) is 12.1 Å². The Labute approximate surface area is 145 Å². The summed E-state index contributed by atoms with van der Waals surface area (Å²) < 4.78 is 4.88. The summed E-state index contributed by atoms with van der Waals surface area (Å²) in [6.45, 7) is 0.917. The number of rotatable bonds is 4. The summed E-state index contributed by atoms with van der Waals surface area (Å²) in [4.78, 5) is 14.2. The van der Waals surface area contributed by atoms with Gasteiger partial charge in [0, 0.05) is 23.2 Å². The van der Waals surface area contributed by atoms with Gasteiger partial charge in [-0.1, -0.05) is 40.2 Å². The maximum Gasteiger partial charge on any atom is 0.337 e.